The van der Waals surface area contributed by atoms with E-state index in [1.54, 1.807) is 6.08 Å². The normalized spacial score (nSPS) is 11.7. The van der Waals surface area contributed by atoms with E-state index in [1.807, 2.05) is 0 Å². The Balaban J connectivity index is 4.09. The van der Waals surface area contributed by atoms with E-state index >= 15 is 0 Å². The average molecular weight is 389 g/mol. The lowest BCUT2D eigenvalue weighted by atomic mass is 10.00. The summed E-state index contributed by atoms with van der Waals surface area (Å²) in [7, 11) is 0. The molecule has 0 spiro atoms. The van der Waals surface area contributed by atoms with Crippen LogP contribution in [-0.2, 0) is 9.53 Å². The van der Waals surface area contributed by atoms with Crippen molar-refractivity contribution in [2.45, 2.75) is 97.3 Å². The molecule has 0 rings (SSSR count). The Morgan fingerprint density at radius 1 is 0.826 bits per heavy atom. The molecule has 0 aliphatic heterocycles. The largest absolute Gasteiger partial charge is 0.463 e. The Kier molecular flexibility index (Phi) is 17.8. The highest BCUT2D eigenvalue weighted by Crippen LogP contribution is 2.18. The first-order valence-electron chi connectivity index (χ1n) is 9.66. The summed E-state index contributed by atoms with van der Waals surface area (Å²) in [6.07, 6.45) is 17.3. The molecule has 0 aromatic heterocycles. The van der Waals surface area contributed by atoms with Crippen molar-refractivity contribution in [2.24, 2.45) is 0 Å². The van der Waals surface area contributed by atoms with Gasteiger partial charge >= 0.3 is 5.97 Å². The molecule has 0 saturated carbocycles. The molecule has 0 amide bonds. The number of hydrogen-bond acceptors (Lipinski definition) is 2. The molecule has 0 bridgehead atoms. The monoisotopic (exact) mass is 388 g/mol. The van der Waals surface area contributed by atoms with Crippen molar-refractivity contribution in [1.29, 1.82) is 0 Å². The highest BCUT2D eigenvalue weighted by Gasteiger charge is 2.04. The van der Waals surface area contributed by atoms with Gasteiger partial charge in [-0.25, -0.2) is 4.79 Å². The molecule has 0 N–H and O–H groups in total. The van der Waals surface area contributed by atoms with Crippen molar-refractivity contribution < 1.29 is 9.53 Å². The highest BCUT2D eigenvalue weighted by atomic mass is 79.9. The summed E-state index contributed by atoms with van der Waals surface area (Å²) in [5.41, 5.74) is 1.29. The first kappa shape index (κ1) is 22.7. The number of halogens is 1. The van der Waals surface area contributed by atoms with E-state index in [1.165, 1.54) is 63.4 Å². The fraction of sp³-hybridized carbons (Fsp3) is 0.850. The lowest BCUT2D eigenvalue weighted by molar-refractivity contribution is -0.137. The zero-order valence-corrected chi connectivity index (χ0v) is 17.0. The van der Waals surface area contributed by atoms with Crippen molar-refractivity contribution in [3.63, 3.8) is 0 Å². The standard InChI is InChI=1S/C20H37BrO2/c1-3-5-7-8-9-11-15-19(14-10-6-4-2)18-20(22)23-17-13-12-16-21/h18H,3-17H2,1-2H3/b19-18+. The summed E-state index contributed by atoms with van der Waals surface area (Å²) < 4.78 is 5.30. The number of alkyl halides is 1. The Bertz CT molecular complexity index is 300. The number of esters is 1. The van der Waals surface area contributed by atoms with Gasteiger partial charge in [-0.2, -0.15) is 0 Å². The van der Waals surface area contributed by atoms with Gasteiger partial charge in [-0.15, -0.1) is 0 Å². The lowest BCUT2D eigenvalue weighted by Crippen LogP contribution is -2.04. The number of carbonyl (C=O) groups is 1. The quantitative estimate of drug-likeness (QED) is 0.123. The van der Waals surface area contributed by atoms with Gasteiger partial charge in [-0.3, -0.25) is 0 Å². The predicted octanol–water partition coefficient (Wildman–Crippen LogP) is 6.96. The summed E-state index contributed by atoms with van der Waals surface area (Å²) in [5, 5.41) is 0.973. The molecule has 0 aromatic rings. The van der Waals surface area contributed by atoms with E-state index in [0.717, 1.165) is 31.0 Å². The van der Waals surface area contributed by atoms with E-state index in [0.29, 0.717) is 6.61 Å². The van der Waals surface area contributed by atoms with Crippen LogP contribution >= 0.6 is 15.9 Å². The van der Waals surface area contributed by atoms with Gasteiger partial charge in [0.05, 0.1) is 6.61 Å². The molecule has 23 heavy (non-hydrogen) atoms. The van der Waals surface area contributed by atoms with Crippen molar-refractivity contribution in [2.75, 3.05) is 11.9 Å². The van der Waals surface area contributed by atoms with Gasteiger partial charge in [0.15, 0.2) is 0 Å². The maximum atomic E-state index is 11.9. The predicted molar refractivity (Wildman–Crippen MR) is 104 cm³/mol. The molecule has 0 aliphatic rings. The fourth-order valence-corrected chi connectivity index (χ4v) is 2.98. The molecule has 0 aliphatic carbocycles. The molecule has 136 valence electrons. The van der Waals surface area contributed by atoms with Gasteiger partial charge in [0.25, 0.3) is 0 Å². The first-order valence-corrected chi connectivity index (χ1v) is 10.8. The van der Waals surface area contributed by atoms with Gasteiger partial charge in [-0.1, -0.05) is 80.3 Å². The second kappa shape index (κ2) is 18.0. The lowest BCUT2D eigenvalue weighted by Gasteiger charge is -2.08. The van der Waals surface area contributed by atoms with Crippen LogP contribution in [-0.4, -0.2) is 17.9 Å². The van der Waals surface area contributed by atoms with Gasteiger partial charge < -0.3 is 4.74 Å². The second-order valence-electron chi connectivity index (χ2n) is 6.34. The number of carbonyl (C=O) groups excluding carboxylic acids is 1. The third kappa shape index (κ3) is 16.3. The first-order chi connectivity index (χ1) is 11.2. The Labute approximate surface area is 152 Å². The molecule has 0 aromatic carbocycles. The molecule has 0 heterocycles. The average Bonchev–Trinajstić information content (AvgIpc) is 2.54. The van der Waals surface area contributed by atoms with Gasteiger partial charge in [0.2, 0.25) is 0 Å². The molecular formula is C20H37BrO2. The SMILES string of the molecule is CCCCCCCC/C(=C/C(=O)OCCCCBr)CCCCC. The van der Waals surface area contributed by atoms with Crippen LogP contribution in [0.25, 0.3) is 0 Å². The minimum Gasteiger partial charge on any atom is -0.463 e. The van der Waals surface area contributed by atoms with Crippen LogP contribution in [0.1, 0.15) is 97.3 Å². The van der Waals surface area contributed by atoms with Gasteiger partial charge in [0, 0.05) is 11.4 Å². The molecule has 0 radical (unpaired) electrons. The smallest absolute Gasteiger partial charge is 0.330 e. The number of ether oxygens (including phenoxy) is 1. The molecule has 0 unspecified atom stereocenters. The van der Waals surface area contributed by atoms with Crippen LogP contribution in [0, 0.1) is 0 Å². The van der Waals surface area contributed by atoms with Crippen LogP contribution in [0.5, 0.6) is 0 Å². The third-order valence-corrected chi connectivity index (χ3v) is 4.61. The minimum atomic E-state index is -0.142. The zero-order chi connectivity index (χ0) is 17.2. The van der Waals surface area contributed by atoms with E-state index in [4.69, 9.17) is 4.74 Å². The molecule has 0 atom stereocenters. The van der Waals surface area contributed by atoms with Crippen LogP contribution in [0.4, 0.5) is 0 Å². The Hall–Kier alpha value is -0.310. The van der Waals surface area contributed by atoms with E-state index in [-0.39, 0.29) is 5.97 Å². The summed E-state index contributed by atoms with van der Waals surface area (Å²) in [5.74, 6) is -0.142. The molecule has 0 fully saturated rings. The summed E-state index contributed by atoms with van der Waals surface area (Å²) >= 11 is 3.39. The third-order valence-electron chi connectivity index (χ3n) is 4.05. The summed E-state index contributed by atoms with van der Waals surface area (Å²) in [6.45, 7) is 5.01. The molecule has 0 saturated heterocycles. The molecule has 2 nitrogen and oxygen atoms in total. The molecular weight excluding hydrogens is 352 g/mol. The van der Waals surface area contributed by atoms with E-state index in [9.17, 15) is 4.79 Å². The van der Waals surface area contributed by atoms with Crippen LogP contribution in [0.3, 0.4) is 0 Å². The van der Waals surface area contributed by atoms with Gasteiger partial charge in [-0.05, 0) is 38.5 Å². The van der Waals surface area contributed by atoms with Crippen LogP contribution in [0.2, 0.25) is 0 Å². The van der Waals surface area contributed by atoms with E-state index < -0.39 is 0 Å². The fourth-order valence-electron chi connectivity index (χ4n) is 2.58. The highest BCUT2D eigenvalue weighted by molar-refractivity contribution is 9.09. The summed E-state index contributed by atoms with van der Waals surface area (Å²) in [4.78, 5) is 11.9. The topological polar surface area (TPSA) is 26.3 Å². The molecule has 3 heteroatoms. The van der Waals surface area contributed by atoms with Crippen molar-refractivity contribution in [3.8, 4) is 0 Å². The Morgan fingerprint density at radius 3 is 2.04 bits per heavy atom. The van der Waals surface area contributed by atoms with Crippen LogP contribution < -0.4 is 0 Å². The minimum absolute atomic E-state index is 0.142. The number of rotatable bonds is 16. The zero-order valence-electron chi connectivity index (χ0n) is 15.4. The van der Waals surface area contributed by atoms with Crippen LogP contribution in [0.15, 0.2) is 11.6 Å². The number of unbranched alkanes of at least 4 members (excludes halogenated alkanes) is 8. The van der Waals surface area contributed by atoms with Gasteiger partial charge in [0.1, 0.15) is 0 Å². The summed E-state index contributed by atoms with van der Waals surface area (Å²) in [6, 6.07) is 0. The van der Waals surface area contributed by atoms with E-state index in [2.05, 4.69) is 29.8 Å². The van der Waals surface area contributed by atoms with Crippen molar-refractivity contribution >= 4 is 21.9 Å². The van der Waals surface area contributed by atoms with Crippen molar-refractivity contribution in [1.82, 2.24) is 0 Å². The Morgan fingerprint density at radius 2 is 1.39 bits per heavy atom. The second-order valence-corrected chi connectivity index (χ2v) is 7.13. The number of allylic oxidation sites excluding steroid dienone is 1. The maximum absolute atomic E-state index is 11.9. The number of hydrogen-bond donors (Lipinski definition) is 0. The van der Waals surface area contributed by atoms with Crippen molar-refractivity contribution in [3.05, 3.63) is 11.6 Å². The maximum Gasteiger partial charge on any atom is 0.330 e.